The van der Waals surface area contributed by atoms with Crippen LogP contribution in [0.1, 0.15) is 75.0 Å². The van der Waals surface area contributed by atoms with Crippen LogP contribution in [0.25, 0.3) is 0 Å². The Bertz CT molecular complexity index is 1330. The first-order valence-electron chi connectivity index (χ1n) is 13.0. The molecule has 0 saturated heterocycles. The van der Waals surface area contributed by atoms with Gasteiger partial charge in [-0.05, 0) is 40.0 Å². The van der Waals surface area contributed by atoms with Crippen LogP contribution in [0.5, 0.6) is 5.75 Å². The number of phenolic OH excluding ortho intramolecular Hbond substituents is 1. The highest BCUT2D eigenvalue weighted by atomic mass is 31.2. The fourth-order valence-electron chi connectivity index (χ4n) is 5.07. The van der Waals surface area contributed by atoms with E-state index in [1.807, 2.05) is 60.7 Å². The van der Waals surface area contributed by atoms with Crippen LogP contribution in [0.3, 0.4) is 0 Å². The number of hydrogen-bond acceptors (Lipinski definition) is 2. The van der Waals surface area contributed by atoms with Crippen molar-refractivity contribution in [2.24, 2.45) is 0 Å². The largest absolute Gasteiger partial charge is 0.507 e. The Morgan fingerprint density at radius 1 is 0.622 bits per heavy atom. The Morgan fingerprint density at radius 3 is 1.41 bits per heavy atom. The average Bonchev–Trinajstić information content (AvgIpc) is 2.85. The molecule has 4 aromatic rings. The van der Waals surface area contributed by atoms with Gasteiger partial charge in [-0.15, -0.1) is 0 Å². The molecule has 192 valence electrons. The molecular formula is C34H39O2P. The fraction of sp³-hybridized carbons (Fsp3) is 0.294. The van der Waals surface area contributed by atoms with Gasteiger partial charge in [0.05, 0.1) is 5.66 Å². The van der Waals surface area contributed by atoms with Crippen molar-refractivity contribution in [2.75, 3.05) is 0 Å². The normalized spacial score (nSPS) is 13.4. The summed E-state index contributed by atoms with van der Waals surface area (Å²) in [6, 6.07) is 32.4. The minimum atomic E-state index is -3.23. The third kappa shape index (κ3) is 5.32. The molecule has 0 aromatic heterocycles. The number of aromatic hydroxyl groups is 1. The molecule has 0 amide bonds. The maximum Gasteiger partial charge on any atom is 0.154 e. The monoisotopic (exact) mass is 510 g/mol. The van der Waals surface area contributed by atoms with Crippen molar-refractivity contribution in [1.29, 1.82) is 0 Å². The molecule has 1 unspecified atom stereocenters. The highest BCUT2D eigenvalue weighted by Gasteiger charge is 2.40. The summed E-state index contributed by atoms with van der Waals surface area (Å²) in [4.78, 5) is 0. The Kier molecular flexibility index (Phi) is 7.28. The lowest BCUT2D eigenvalue weighted by atomic mass is 9.78. The molecule has 3 heteroatoms. The summed E-state index contributed by atoms with van der Waals surface area (Å²) >= 11 is 0. The van der Waals surface area contributed by atoms with E-state index >= 15 is 4.57 Å². The lowest BCUT2D eigenvalue weighted by Crippen LogP contribution is -2.24. The number of phenols is 1. The fourth-order valence-corrected chi connectivity index (χ4v) is 8.35. The molecule has 1 N–H and O–H groups in total. The molecule has 2 nitrogen and oxygen atoms in total. The predicted octanol–water partition coefficient (Wildman–Crippen LogP) is 8.40. The van der Waals surface area contributed by atoms with Crippen LogP contribution in [0.15, 0.2) is 97.1 Å². The highest BCUT2D eigenvalue weighted by Crippen LogP contribution is 2.61. The molecule has 0 bridgehead atoms. The van der Waals surface area contributed by atoms with E-state index in [2.05, 4.69) is 84.9 Å². The van der Waals surface area contributed by atoms with Gasteiger partial charge in [-0.3, -0.25) is 0 Å². The molecule has 37 heavy (non-hydrogen) atoms. The van der Waals surface area contributed by atoms with Crippen molar-refractivity contribution < 1.29 is 9.67 Å². The van der Waals surface area contributed by atoms with E-state index in [1.54, 1.807) is 0 Å². The van der Waals surface area contributed by atoms with Gasteiger partial charge in [0, 0.05) is 10.6 Å². The van der Waals surface area contributed by atoms with Crippen LogP contribution < -0.4 is 10.6 Å². The van der Waals surface area contributed by atoms with Crippen molar-refractivity contribution in [3.63, 3.8) is 0 Å². The Labute approximate surface area is 222 Å². The number of rotatable bonds is 5. The van der Waals surface area contributed by atoms with Gasteiger partial charge in [-0.2, -0.15) is 0 Å². The summed E-state index contributed by atoms with van der Waals surface area (Å²) in [5.41, 5.74) is 3.89. The van der Waals surface area contributed by atoms with Crippen LogP contribution in [0.2, 0.25) is 0 Å². The topological polar surface area (TPSA) is 37.3 Å². The number of benzene rings is 4. The molecular weight excluding hydrogens is 471 g/mol. The molecule has 4 aromatic carbocycles. The van der Waals surface area contributed by atoms with E-state index in [0.717, 1.165) is 38.4 Å². The van der Waals surface area contributed by atoms with Gasteiger partial charge in [0.25, 0.3) is 0 Å². The van der Waals surface area contributed by atoms with E-state index in [-0.39, 0.29) is 10.8 Å². The van der Waals surface area contributed by atoms with Gasteiger partial charge in [-0.1, -0.05) is 144 Å². The van der Waals surface area contributed by atoms with Crippen LogP contribution >= 0.6 is 7.14 Å². The first kappa shape index (κ1) is 27.0. The third-order valence-corrected chi connectivity index (χ3v) is 10.6. The quantitative estimate of drug-likeness (QED) is 0.274. The van der Waals surface area contributed by atoms with Gasteiger partial charge in [0.15, 0.2) is 7.14 Å². The van der Waals surface area contributed by atoms with Crippen molar-refractivity contribution >= 4 is 17.8 Å². The minimum absolute atomic E-state index is 0.290. The zero-order chi connectivity index (χ0) is 27.0. The van der Waals surface area contributed by atoms with Crippen molar-refractivity contribution in [1.82, 2.24) is 0 Å². The summed E-state index contributed by atoms with van der Waals surface area (Å²) in [7, 11) is -3.23. The molecule has 0 saturated carbocycles. The molecule has 0 heterocycles. The molecule has 4 rings (SSSR count). The molecule has 0 aliphatic carbocycles. The van der Waals surface area contributed by atoms with Crippen molar-refractivity contribution in [3.8, 4) is 5.75 Å². The van der Waals surface area contributed by atoms with E-state index < -0.39 is 12.8 Å². The number of aryl methyl sites for hydroxylation is 1. The van der Waals surface area contributed by atoms with Gasteiger partial charge in [0.2, 0.25) is 0 Å². The molecule has 0 radical (unpaired) electrons. The Morgan fingerprint density at radius 2 is 1.03 bits per heavy atom. The van der Waals surface area contributed by atoms with Gasteiger partial charge < -0.3 is 9.67 Å². The molecule has 0 fully saturated rings. The second-order valence-electron chi connectivity index (χ2n) is 12.1. The second kappa shape index (κ2) is 9.99. The van der Waals surface area contributed by atoms with Crippen molar-refractivity contribution in [2.45, 2.75) is 65.0 Å². The highest BCUT2D eigenvalue weighted by molar-refractivity contribution is 7.79. The zero-order valence-corrected chi connectivity index (χ0v) is 24.0. The average molecular weight is 511 g/mol. The van der Waals surface area contributed by atoms with Gasteiger partial charge >= 0.3 is 0 Å². The predicted molar refractivity (Wildman–Crippen MR) is 158 cm³/mol. The first-order valence-corrected chi connectivity index (χ1v) is 14.8. The smallest absolute Gasteiger partial charge is 0.154 e. The minimum Gasteiger partial charge on any atom is -0.507 e. The number of hydrogen-bond donors (Lipinski definition) is 1. The summed E-state index contributed by atoms with van der Waals surface area (Å²) in [6.45, 7) is 14.8. The van der Waals surface area contributed by atoms with Crippen LogP contribution in [-0.2, 0) is 15.4 Å². The van der Waals surface area contributed by atoms with Crippen LogP contribution in [0.4, 0.5) is 0 Å². The second-order valence-corrected chi connectivity index (χ2v) is 15.0. The first-order chi connectivity index (χ1) is 17.3. The van der Waals surface area contributed by atoms with Gasteiger partial charge in [-0.25, -0.2) is 0 Å². The molecule has 0 aliphatic rings. The third-order valence-electron chi connectivity index (χ3n) is 7.10. The summed E-state index contributed by atoms with van der Waals surface area (Å²) in [5.74, 6) is 0.334. The summed E-state index contributed by atoms with van der Waals surface area (Å²) in [5, 5.41) is 13.1. The SMILES string of the molecule is Cc1ccc(C(c2cc(C(C)(C)C)c(O)c(C(C)(C)C)c2)P(=O)(c2ccccc2)c2ccccc2)cc1. The van der Waals surface area contributed by atoms with Gasteiger partial charge in [0.1, 0.15) is 5.75 Å². The standard InChI is InChI=1S/C34H39O2P/c1-24-18-20-25(21-19-24)32(26-22-29(33(2,3)4)31(35)30(23-26)34(5,6)7)37(36,27-14-10-8-11-15-27)28-16-12-9-13-17-28/h8-23,32,35H,1-7H3. The zero-order valence-electron chi connectivity index (χ0n) is 23.1. The Balaban J connectivity index is 2.15. The lowest BCUT2D eigenvalue weighted by Gasteiger charge is -2.33. The Hall–Kier alpha value is -3.09. The molecule has 1 atom stereocenters. The van der Waals surface area contributed by atoms with E-state index in [1.165, 1.54) is 0 Å². The summed E-state index contributed by atoms with van der Waals surface area (Å²) < 4.78 is 15.7. The lowest BCUT2D eigenvalue weighted by molar-refractivity contribution is 0.422. The van der Waals surface area contributed by atoms with E-state index in [9.17, 15) is 5.11 Å². The van der Waals surface area contributed by atoms with Crippen molar-refractivity contribution in [3.05, 3.63) is 125 Å². The van der Waals surface area contributed by atoms with E-state index in [0.29, 0.717) is 5.75 Å². The van der Waals surface area contributed by atoms with E-state index in [4.69, 9.17) is 0 Å². The van der Waals surface area contributed by atoms with Crippen LogP contribution in [-0.4, -0.2) is 5.11 Å². The molecule has 0 spiro atoms. The van der Waals surface area contributed by atoms with Crippen LogP contribution in [0, 0.1) is 6.92 Å². The maximum atomic E-state index is 15.7. The molecule has 0 aliphatic heterocycles. The maximum absolute atomic E-state index is 15.7. The summed E-state index contributed by atoms with van der Waals surface area (Å²) in [6.07, 6.45) is 0.